The molecule has 0 bridgehead atoms. The molecule has 0 fully saturated rings. The van der Waals surface area contributed by atoms with E-state index in [0.29, 0.717) is 13.8 Å². The molecule has 7 heteroatoms. The molecule has 1 aromatic heterocycles. The summed E-state index contributed by atoms with van der Waals surface area (Å²) in [6.45, 7) is 3.07. The molecule has 21 heavy (non-hydrogen) atoms. The number of fused-ring (bicyclic) bond motifs is 3. The van der Waals surface area contributed by atoms with Crippen molar-refractivity contribution in [2.45, 2.75) is 13.8 Å². The van der Waals surface area contributed by atoms with Crippen LogP contribution in [0.25, 0.3) is 20.2 Å². The molecule has 0 saturated carbocycles. The zero-order valence-electron chi connectivity index (χ0n) is 11.0. The maximum atomic E-state index is 14.5. The van der Waals surface area contributed by atoms with Crippen molar-refractivity contribution in [1.82, 2.24) is 0 Å². The Balaban J connectivity index is 2.73. The lowest BCUT2D eigenvalue weighted by Gasteiger charge is -2.08. The van der Waals surface area contributed by atoms with Crippen molar-refractivity contribution in [2.75, 3.05) is 0 Å². The minimum absolute atomic E-state index is 0.00935. The van der Waals surface area contributed by atoms with Crippen LogP contribution in [0.5, 0.6) is 23.0 Å². The molecular formula is C14H10FIO4S. The Morgan fingerprint density at radius 1 is 0.810 bits per heavy atom. The molecule has 3 aromatic rings. The van der Waals surface area contributed by atoms with Crippen LogP contribution in [-0.4, -0.2) is 20.4 Å². The van der Waals surface area contributed by atoms with Gasteiger partial charge in [-0.15, -0.1) is 11.3 Å². The molecule has 2 aromatic carbocycles. The van der Waals surface area contributed by atoms with Crippen molar-refractivity contribution in [2.24, 2.45) is 0 Å². The van der Waals surface area contributed by atoms with E-state index in [4.69, 9.17) is 0 Å². The summed E-state index contributed by atoms with van der Waals surface area (Å²) in [7, 11) is 0. The fraction of sp³-hybridized carbons (Fsp3) is 0.143. The molecule has 0 atom stereocenters. The Bertz CT molecular complexity index is 858. The highest BCUT2D eigenvalue weighted by Gasteiger charge is 2.25. The van der Waals surface area contributed by atoms with Gasteiger partial charge in [-0.05, 0) is 42.0 Å². The third-order valence-corrected chi connectivity index (χ3v) is 6.23. The summed E-state index contributed by atoms with van der Waals surface area (Å²) in [6, 6.07) is 0. The van der Waals surface area contributed by atoms with Gasteiger partial charge < -0.3 is 20.4 Å². The first-order valence-electron chi connectivity index (χ1n) is 5.93. The number of halogens is 2. The standard InChI is InChI=1S/C14H10FIO4S/c1-3-7(15)5-6-10(18)11(19)8(16)4(2)13(6)21-14(5)12(20)9(3)17/h17-20H,1-2H3. The second-order valence-corrected chi connectivity index (χ2v) is 6.88. The van der Waals surface area contributed by atoms with E-state index in [1.165, 1.54) is 6.92 Å². The van der Waals surface area contributed by atoms with Crippen molar-refractivity contribution in [1.29, 1.82) is 0 Å². The largest absolute Gasteiger partial charge is 0.504 e. The number of benzene rings is 2. The van der Waals surface area contributed by atoms with E-state index < -0.39 is 23.1 Å². The van der Waals surface area contributed by atoms with Gasteiger partial charge in [0.1, 0.15) is 5.82 Å². The summed E-state index contributed by atoms with van der Waals surface area (Å²) in [5.41, 5.74) is 0.577. The third kappa shape index (κ3) is 1.70. The van der Waals surface area contributed by atoms with E-state index in [-0.39, 0.29) is 26.8 Å². The van der Waals surface area contributed by atoms with Crippen LogP contribution in [0, 0.1) is 23.2 Å². The van der Waals surface area contributed by atoms with Crippen molar-refractivity contribution in [3.05, 3.63) is 20.5 Å². The smallest absolute Gasteiger partial charge is 0.176 e. The maximum absolute atomic E-state index is 14.5. The molecule has 0 spiro atoms. The Morgan fingerprint density at radius 2 is 1.43 bits per heavy atom. The van der Waals surface area contributed by atoms with E-state index in [1.54, 1.807) is 6.92 Å². The monoisotopic (exact) mass is 420 g/mol. The van der Waals surface area contributed by atoms with E-state index in [9.17, 15) is 24.8 Å². The Labute approximate surface area is 136 Å². The van der Waals surface area contributed by atoms with Crippen LogP contribution < -0.4 is 0 Å². The normalized spacial score (nSPS) is 11.6. The number of phenolic OH excluding ortho intramolecular Hbond substituents is 4. The molecule has 110 valence electrons. The summed E-state index contributed by atoms with van der Waals surface area (Å²) in [5.74, 6) is -2.39. The lowest BCUT2D eigenvalue weighted by atomic mass is 10.0. The summed E-state index contributed by atoms with van der Waals surface area (Å²) in [5, 5.41) is 40.1. The van der Waals surface area contributed by atoms with Gasteiger partial charge in [0, 0.05) is 21.0 Å². The van der Waals surface area contributed by atoms with Gasteiger partial charge in [0.05, 0.1) is 8.27 Å². The topological polar surface area (TPSA) is 80.9 Å². The van der Waals surface area contributed by atoms with Crippen LogP contribution in [0.4, 0.5) is 4.39 Å². The Kier molecular flexibility index (Phi) is 3.10. The number of rotatable bonds is 0. The SMILES string of the molecule is Cc1c(O)c(O)c2sc3c(C)c(I)c(O)c(O)c3c2c1F. The van der Waals surface area contributed by atoms with Crippen molar-refractivity contribution >= 4 is 54.1 Å². The average Bonchev–Trinajstić information content (AvgIpc) is 2.87. The number of thiophene rings is 1. The van der Waals surface area contributed by atoms with Crippen LogP contribution in [-0.2, 0) is 0 Å². The highest BCUT2D eigenvalue weighted by atomic mass is 127. The van der Waals surface area contributed by atoms with E-state index in [2.05, 4.69) is 0 Å². The maximum Gasteiger partial charge on any atom is 0.176 e. The molecule has 0 radical (unpaired) electrons. The van der Waals surface area contributed by atoms with Crippen molar-refractivity contribution in [3.8, 4) is 23.0 Å². The lowest BCUT2D eigenvalue weighted by Crippen LogP contribution is -1.87. The van der Waals surface area contributed by atoms with Crippen LogP contribution in [0.2, 0.25) is 0 Å². The molecule has 0 unspecified atom stereocenters. The molecule has 0 aliphatic heterocycles. The third-order valence-electron chi connectivity index (χ3n) is 3.59. The molecule has 0 saturated heterocycles. The number of phenols is 4. The van der Waals surface area contributed by atoms with Crippen LogP contribution >= 0.6 is 33.9 Å². The average molecular weight is 420 g/mol. The zero-order valence-corrected chi connectivity index (χ0v) is 13.9. The molecule has 0 amide bonds. The summed E-state index contributed by atoms with van der Waals surface area (Å²) in [4.78, 5) is 0. The van der Waals surface area contributed by atoms with Crippen molar-refractivity contribution in [3.63, 3.8) is 0 Å². The number of aromatic hydroxyl groups is 4. The van der Waals surface area contributed by atoms with Gasteiger partial charge in [-0.1, -0.05) is 0 Å². The van der Waals surface area contributed by atoms with Gasteiger partial charge in [0.25, 0.3) is 0 Å². The van der Waals surface area contributed by atoms with E-state index in [0.717, 1.165) is 11.3 Å². The summed E-state index contributed by atoms with van der Waals surface area (Å²) < 4.78 is 15.7. The minimum Gasteiger partial charge on any atom is -0.504 e. The second kappa shape index (κ2) is 4.51. The number of hydrogen-bond acceptors (Lipinski definition) is 5. The van der Waals surface area contributed by atoms with Gasteiger partial charge >= 0.3 is 0 Å². The fourth-order valence-corrected chi connectivity index (χ4v) is 4.33. The summed E-state index contributed by atoms with van der Waals surface area (Å²) >= 11 is 2.95. The first kappa shape index (κ1) is 14.5. The first-order chi connectivity index (χ1) is 9.77. The molecular weight excluding hydrogens is 410 g/mol. The second-order valence-electron chi connectivity index (χ2n) is 4.78. The van der Waals surface area contributed by atoms with Crippen LogP contribution in [0.15, 0.2) is 0 Å². The zero-order chi connectivity index (χ0) is 15.6. The predicted molar refractivity (Wildman–Crippen MR) is 88.1 cm³/mol. The van der Waals surface area contributed by atoms with Gasteiger partial charge in [-0.3, -0.25) is 0 Å². The number of aryl methyl sites for hydroxylation is 1. The number of hydrogen-bond donors (Lipinski definition) is 4. The Morgan fingerprint density at radius 3 is 2.05 bits per heavy atom. The highest BCUT2D eigenvalue weighted by molar-refractivity contribution is 14.1. The van der Waals surface area contributed by atoms with E-state index in [1.807, 2.05) is 22.6 Å². The quantitative estimate of drug-likeness (QED) is 0.324. The van der Waals surface area contributed by atoms with Gasteiger partial charge in [-0.25, -0.2) is 4.39 Å². The molecule has 4 nitrogen and oxygen atoms in total. The van der Waals surface area contributed by atoms with Crippen LogP contribution in [0.3, 0.4) is 0 Å². The fourth-order valence-electron chi connectivity index (χ4n) is 2.37. The minimum atomic E-state index is -0.721. The van der Waals surface area contributed by atoms with Crippen LogP contribution in [0.1, 0.15) is 11.1 Å². The molecule has 0 aliphatic rings. The van der Waals surface area contributed by atoms with E-state index >= 15 is 0 Å². The molecule has 4 N–H and O–H groups in total. The highest BCUT2D eigenvalue weighted by Crippen LogP contribution is 2.52. The Hall–Kier alpha value is -1.48. The predicted octanol–water partition coefficient (Wildman–Crippen LogP) is 4.24. The van der Waals surface area contributed by atoms with Gasteiger partial charge in [0.2, 0.25) is 0 Å². The van der Waals surface area contributed by atoms with Gasteiger partial charge in [-0.2, -0.15) is 0 Å². The molecule has 3 rings (SSSR count). The molecule has 0 aliphatic carbocycles. The lowest BCUT2D eigenvalue weighted by molar-refractivity contribution is 0.401. The first-order valence-corrected chi connectivity index (χ1v) is 7.83. The van der Waals surface area contributed by atoms with Crippen molar-refractivity contribution < 1.29 is 24.8 Å². The summed E-state index contributed by atoms with van der Waals surface area (Å²) in [6.07, 6.45) is 0. The van der Waals surface area contributed by atoms with Gasteiger partial charge in [0.15, 0.2) is 23.0 Å². The molecule has 1 heterocycles.